The molecule has 2 aromatic rings. The maximum atomic E-state index is 13.5. The van der Waals surface area contributed by atoms with Gasteiger partial charge in [0, 0.05) is 62.8 Å². The SMILES string of the molecule is CCOC(=O)N1CCN(S(=O)(=O)c2ccc(C(=O)Nc3sc4c(c3C(=O)N(CC)CC)CCN(CC)C4)cc2)CC1. The molecule has 0 unspecified atom stereocenters. The quantitative estimate of drug-likeness (QED) is 0.466. The molecule has 3 amide bonds. The Kier molecular flexibility index (Phi) is 10.1. The van der Waals surface area contributed by atoms with Crippen LogP contribution in [0.1, 0.15) is 58.9 Å². The molecule has 224 valence electrons. The summed E-state index contributed by atoms with van der Waals surface area (Å²) in [4.78, 5) is 45.5. The van der Waals surface area contributed by atoms with Crippen LogP contribution < -0.4 is 5.32 Å². The Balaban J connectivity index is 1.50. The lowest BCUT2D eigenvalue weighted by Crippen LogP contribution is -2.50. The summed E-state index contributed by atoms with van der Waals surface area (Å²) < 4.78 is 32.8. The molecule has 2 aliphatic heterocycles. The highest BCUT2D eigenvalue weighted by atomic mass is 32.2. The van der Waals surface area contributed by atoms with Crippen LogP contribution >= 0.6 is 11.3 Å². The number of fused-ring (bicyclic) bond motifs is 1. The number of hydrogen-bond donors (Lipinski definition) is 1. The van der Waals surface area contributed by atoms with Crippen molar-refractivity contribution in [2.45, 2.75) is 45.6 Å². The first-order valence-electron chi connectivity index (χ1n) is 14.1. The molecule has 41 heavy (non-hydrogen) atoms. The molecule has 1 aromatic carbocycles. The molecule has 2 aliphatic rings. The predicted molar refractivity (Wildman–Crippen MR) is 158 cm³/mol. The summed E-state index contributed by atoms with van der Waals surface area (Å²) >= 11 is 1.44. The fourth-order valence-electron chi connectivity index (χ4n) is 5.14. The van der Waals surface area contributed by atoms with E-state index in [0.29, 0.717) is 29.2 Å². The van der Waals surface area contributed by atoms with Gasteiger partial charge < -0.3 is 19.9 Å². The second kappa shape index (κ2) is 13.3. The average molecular weight is 606 g/mol. The van der Waals surface area contributed by atoms with Gasteiger partial charge in [-0.05, 0) is 63.6 Å². The number of carbonyl (C=O) groups is 3. The van der Waals surface area contributed by atoms with Crippen LogP contribution in [-0.2, 0) is 27.7 Å². The second-order valence-electron chi connectivity index (χ2n) is 9.87. The molecule has 0 bridgehead atoms. The van der Waals surface area contributed by atoms with Crippen molar-refractivity contribution in [3.8, 4) is 0 Å². The van der Waals surface area contributed by atoms with Crippen LogP contribution in [0.15, 0.2) is 29.2 Å². The van der Waals surface area contributed by atoms with E-state index >= 15 is 0 Å². The van der Waals surface area contributed by atoms with E-state index in [1.165, 1.54) is 44.8 Å². The third kappa shape index (κ3) is 6.58. The number of nitrogens with zero attached hydrogens (tertiary/aromatic N) is 4. The highest BCUT2D eigenvalue weighted by Crippen LogP contribution is 2.38. The van der Waals surface area contributed by atoms with Crippen molar-refractivity contribution in [2.75, 3.05) is 64.3 Å². The van der Waals surface area contributed by atoms with Crippen molar-refractivity contribution in [2.24, 2.45) is 0 Å². The number of rotatable bonds is 9. The van der Waals surface area contributed by atoms with E-state index in [-0.39, 0.29) is 43.6 Å². The third-order valence-corrected chi connectivity index (χ3v) is 10.6. The molecule has 13 heteroatoms. The molecule has 4 rings (SSSR count). The van der Waals surface area contributed by atoms with Gasteiger partial charge in [-0.1, -0.05) is 6.92 Å². The van der Waals surface area contributed by atoms with Gasteiger partial charge in [0.05, 0.1) is 17.1 Å². The molecule has 0 radical (unpaired) electrons. The van der Waals surface area contributed by atoms with Crippen molar-refractivity contribution in [1.29, 1.82) is 0 Å². The van der Waals surface area contributed by atoms with Crippen molar-refractivity contribution < 1.29 is 27.5 Å². The first-order valence-corrected chi connectivity index (χ1v) is 16.4. The average Bonchev–Trinajstić information content (AvgIpc) is 3.34. The second-order valence-corrected chi connectivity index (χ2v) is 12.9. The van der Waals surface area contributed by atoms with E-state index in [1.807, 2.05) is 13.8 Å². The number of carbonyl (C=O) groups excluding carboxylic acids is 3. The zero-order chi connectivity index (χ0) is 29.7. The van der Waals surface area contributed by atoms with Gasteiger partial charge in [-0.15, -0.1) is 11.3 Å². The molecule has 0 aliphatic carbocycles. The highest BCUT2D eigenvalue weighted by molar-refractivity contribution is 7.89. The van der Waals surface area contributed by atoms with Crippen LogP contribution in [0.5, 0.6) is 0 Å². The maximum Gasteiger partial charge on any atom is 0.409 e. The molecule has 0 spiro atoms. The van der Waals surface area contributed by atoms with E-state index in [0.717, 1.165) is 36.5 Å². The zero-order valence-corrected chi connectivity index (χ0v) is 25.8. The lowest BCUT2D eigenvalue weighted by molar-refractivity contribution is 0.0772. The number of benzene rings is 1. The number of amides is 3. The van der Waals surface area contributed by atoms with Crippen molar-refractivity contribution in [3.05, 3.63) is 45.8 Å². The molecular formula is C28H39N5O6S2. The largest absolute Gasteiger partial charge is 0.450 e. The number of thiophene rings is 1. The van der Waals surface area contributed by atoms with Crippen LogP contribution in [0.3, 0.4) is 0 Å². The molecule has 1 saturated heterocycles. The van der Waals surface area contributed by atoms with Gasteiger partial charge in [-0.25, -0.2) is 13.2 Å². The summed E-state index contributed by atoms with van der Waals surface area (Å²) in [6.45, 7) is 12.4. The Morgan fingerprint density at radius 2 is 1.63 bits per heavy atom. The molecule has 1 N–H and O–H groups in total. The van der Waals surface area contributed by atoms with E-state index in [2.05, 4.69) is 17.1 Å². The number of nitrogens with one attached hydrogen (secondary N) is 1. The van der Waals surface area contributed by atoms with Crippen molar-refractivity contribution in [1.82, 2.24) is 19.0 Å². The maximum absolute atomic E-state index is 13.5. The van der Waals surface area contributed by atoms with E-state index in [9.17, 15) is 22.8 Å². The number of hydrogen-bond acceptors (Lipinski definition) is 8. The van der Waals surface area contributed by atoms with Crippen molar-refractivity contribution in [3.63, 3.8) is 0 Å². The molecule has 1 fully saturated rings. The number of likely N-dealkylation sites (N-methyl/N-ethyl adjacent to an activating group) is 1. The molecular weight excluding hydrogens is 566 g/mol. The minimum absolute atomic E-state index is 0.0716. The lowest BCUT2D eigenvalue weighted by Gasteiger charge is -2.33. The summed E-state index contributed by atoms with van der Waals surface area (Å²) in [5.41, 5.74) is 1.87. The Bertz CT molecular complexity index is 1360. The minimum Gasteiger partial charge on any atom is -0.450 e. The van der Waals surface area contributed by atoms with Gasteiger partial charge in [0.1, 0.15) is 5.00 Å². The first-order chi connectivity index (χ1) is 19.6. The van der Waals surface area contributed by atoms with Gasteiger partial charge in [0.15, 0.2) is 0 Å². The number of ether oxygens (including phenoxy) is 1. The Hall–Kier alpha value is -3.00. The van der Waals surface area contributed by atoms with E-state index < -0.39 is 22.0 Å². The van der Waals surface area contributed by atoms with E-state index in [4.69, 9.17) is 4.74 Å². The predicted octanol–water partition coefficient (Wildman–Crippen LogP) is 3.32. The topological polar surface area (TPSA) is 120 Å². The molecule has 0 saturated carbocycles. The van der Waals surface area contributed by atoms with Crippen LogP contribution in [-0.4, -0.2) is 104 Å². The van der Waals surface area contributed by atoms with Crippen LogP contribution in [0.2, 0.25) is 0 Å². The summed E-state index contributed by atoms with van der Waals surface area (Å²) in [7, 11) is -3.80. The summed E-state index contributed by atoms with van der Waals surface area (Å²) in [5.74, 6) is -0.492. The normalized spacial score (nSPS) is 16.2. The third-order valence-electron chi connectivity index (χ3n) is 7.59. The van der Waals surface area contributed by atoms with Crippen LogP contribution in [0.4, 0.5) is 9.80 Å². The van der Waals surface area contributed by atoms with Crippen LogP contribution in [0, 0.1) is 0 Å². The summed E-state index contributed by atoms with van der Waals surface area (Å²) in [6, 6.07) is 5.80. The first kappa shape index (κ1) is 30.9. The number of piperazine rings is 1. The summed E-state index contributed by atoms with van der Waals surface area (Å²) in [6.07, 6.45) is 0.300. The van der Waals surface area contributed by atoms with Gasteiger partial charge in [0.2, 0.25) is 10.0 Å². The number of sulfonamides is 1. The van der Waals surface area contributed by atoms with Gasteiger partial charge in [0.25, 0.3) is 11.8 Å². The smallest absolute Gasteiger partial charge is 0.409 e. The molecule has 11 nitrogen and oxygen atoms in total. The molecule has 1 aromatic heterocycles. The van der Waals surface area contributed by atoms with E-state index in [1.54, 1.807) is 11.8 Å². The standard InChI is InChI=1S/C28H39N5O6S2/c1-5-30-14-13-22-23(19-30)40-26(24(22)27(35)31(6-2)7-3)29-25(34)20-9-11-21(12-10-20)41(37,38)33-17-15-32(16-18-33)28(36)39-8-4/h9-12H,5-8,13-19H2,1-4H3,(H,29,34). The zero-order valence-electron chi connectivity index (χ0n) is 24.1. The molecule has 0 atom stereocenters. The Morgan fingerprint density at radius 1 is 0.976 bits per heavy atom. The number of anilines is 1. The summed E-state index contributed by atoms with van der Waals surface area (Å²) in [5, 5.41) is 3.49. The molecule has 3 heterocycles. The highest BCUT2D eigenvalue weighted by Gasteiger charge is 2.32. The monoisotopic (exact) mass is 605 g/mol. The fourth-order valence-corrected chi connectivity index (χ4v) is 7.84. The Labute approximate surface area is 246 Å². The van der Waals surface area contributed by atoms with Gasteiger partial charge in [-0.3, -0.25) is 14.5 Å². The lowest BCUT2D eigenvalue weighted by atomic mass is 10.0. The van der Waals surface area contributed by atoms with Crippen molar-refractivity contribution >= 4 is 44.3 Å². The van der Waals surface area contributed by atoms with Gasteiger partial charge in [-0.2, -0.15) is 4.31 Å². The fraction of sp³-hybridized carbons (Fsp3) is 0.536. The Morgan fingerprint density at radius 3 is 2.22 bits per heavy atom. The van der Waals surface area contributed by atoms with Gasteiger partial charge >= 0.3 is 6.09 Å². The van der Waals surface area contributed by atoms with Crippen LogP contribution in [0.25, 0.3) is 0 Å². The minimum atomic E-state index is -3.80.